The lowest BCUT2D eigenvalue weighted by atomic mass is 10.1. The van der Waals surface area contributed by atoms with E-state index < -0.39 is 0 Å². The van der Waals surface area contributed by atoms with Crippen molar-refractivity contribution in [2.75, 3.05) is 6.54 Å². The zero-order chi connectivity index (χ0) is 15.1. The van der Waals surface area contributed by atoms with Crippen molar-refractivity contribution in [2.24, 2.45) is 0 Å². The molecule has 21 heavy (non-hydrogen) atoms. The van der Waals surface area contributed by atoms with Crippen molar-refractivity contribution in [1.82, 2.24) is 10.2 Å². The van der Waals surface area contributed by atoms with E-state index >= 15 is 0 Å². The summed E-state index contributed by atoms with van der Waals surface area (Å²) in [7, 11) is 0. The van der Waals surface area contributed by atoms with Gasteiger partial charge in [0.25, 0.3) is 0 Å². The van der Waals surface area contributed by atoms with Gasteiger partial charge >= 0.3 is 0 Å². The van der Waals surface area contributed by atoms with E-state index in [-0.39, 0.29) is 23.9 Å². The summed E-state index contributed by atoms with van der Waals surface area (Å²) in [6.45, 7) is 3.04. The number of imide groups is 1. The fourth-order valence-corrected chi connectivity index (χ4v) is 3.54. The Kier molecular flexibility index (Phi) is 6.68. The summed E-state index contributed by atoms with van der Waals surface area (Å²) in [5.41, 5.74) is 0. The molecule has 0 aromatic carbocycles. The molecule has 1 unspecified atom stereocenters. The number of carbonyl (C=O) groups excluding carboxylic acids is 2. The van der Waals surface area contributed by atoms with Gasteiger partial charge in [-0.15, -0.1) is 0 Å². The molecule has 1 saturated heterocycles. The Labute approximate surface area is 128 Å². The van der Waals surface area contributed by atoms with Gasteiger partial charge in [0.2, 0.25) is 11.8 Å². The monoisotopic (exact) mass is 294 g/mol. The van der Waals surface area contributed by atoms with Crippen LogP contribution in [0.3, 0.4) is 0 Å². The van der Waals surface area contributed by atoms with E-state index in [2.05, 4.69) is 12.2 Å². The number of rotatable bonds is 7. The van der Waals surface area contributed by atoms with E-state index in [1.165, 1.54) is 32.1 Å². The van der Waals surface area contributed by atoms with Gasteiger partial charge in [0, 0.05) is 6.04 Å². The standard InChI is InChI=1S/C17H30N2O2/c1-2-3-4-9-12-18-15-13-16(20)19(17(15)21)14-10-7-5-6-8-11-14/h14-15,18H,2-13H2,1H3. The maximum Gasteiger partial charge on any atom is 0.247 e. The van der Waals surface area contributed by atoms with Crippen molar-refractivity contribution in [1.29, 1.82) is 0 Å². The van der Waals surface area contributed by atoms with Gasteiger partial charge in [-0.2, -0.15) is 0 Å². The number of unbranched alkanes of at least 4 members (excludes halogenated alkanes) is 3. The lowest BCUT2D eigenvalue weighted by Gasteiger charge is -2.25. The molecular weight excluding hydrogens is 264 g/mol. The van der Waals surface area contributed by atoms with E-state index in [1.807, 2.05) is 0 Å². The lowest BCUT2D eigenvalue weighted by molar-refractivity contribution is -0.141. The van der Waals surface area contributed by atoms with Crippen LogP contribution >= 0.6 is 0 Å². The smallest absolute Gasteiger partial charge is 0.247 e. The Bertz CT molecular complexity index is 349. The minimum Gasteiger partial charge on any atom is -0.305 e. The highest BCUT2D eigenvalue weighted by Gasteiger charge is 2.41. The summed E-state index contributed by atoms with van der Waals surface area (Å²) in [5.74, 6) is 0.0698. The molecule has 4 nitrogen and oxygen atoms in total. The zero-order valence-corrected chi connectivity index (χ0v) is 13.4. The molecule has 1 aliphatic carbocycles. The van der Waals surface area contributed by atoms with Gasteiger partial charge in [0.05, 0.1) is 12.5 Å². The van der Waals surface area contributed by atoms with Gasteiger partial charge in [0.1, 0.15) is 0 Å². The first kappa shape index (κ1) is 16.5. The molecule has 0 spiro atoms. The second-order valence-corrected chi connectivity index (χ2v) is 6.52. The number of hydrogen-bond donors (Lipinski definition) is 1. The number of hydrogen-bond acceptors (Lipinski definition) is 3. The van der Waals surface area contributed by atoms with Crippen molar-refractivity contribution < 1.29 is 9.59 Å². The number of nitrogens with one attached hydrogen (secondary N) is 1. The molecule has 2 aliphatic rings. The van der Waals surface area contributed by atoms with Crippen LogP contribution in [0.1, 0.15) is 77.6 Å². The van der Waals surface area contributed by atoms with Crippen LogP contribution in [0.4, 0.5) is 0 Å². The first-order valence-corrected chi connectivity index (χ1v) is 8.83. The van der Waals surface area contributed by atoms with Crippen LogP contribution in [-0.2, 0) is 9.59 Å². The molecule has 120 valence electrons. The fourth-order valence-electron chi connectivity index (χ4n) is 3.54. The Morgan fingerprint density at radius 1 is 1.05 bits per heavy atom. The van der Waals surface area contributed by atoms with Crippen molar-refractivity contribution >= 4 is 11.8 Å². The largest absolute Gasteiger partial charge is 0.305 e. The third-order valence-electron chi connectivity index (χ3n) is 4.79. The van der Waals surface area contributed by atoms with Crippen LogP contribution < -0.4 is 5.32 Å². The molecule has 0 aromatic rings. The van der Waals surface area contributed by atoms with Crippen LogP contribution in [0.15, 0.2) is 0 Å². The predicted octanol–water partition coefficient (Wildman–Crippen LogP) is 3.01. The third-order valence-corrected chi connectivity index (χ3v) is 4.79. The van der Waals surface area contributed by atoms with Gasteiger partial charge < -0.3 is 5.32 Å². The van der Waals surface area contributed by atoms with E-state index in [9.17, 15) is 9.59 Å². The molecule has 2 fully saturated rings. The minimum absolute atomic E-state index is 0.0300. The van der Waals surface area contributed by atoms with Gasteiger partial charge in [-0.3, -0.25) is 14.5 Å². The first-order valence-electron chi connectivity index (χ1n) is 8.83. The van der Waals surface area contributed by atoms with Crippen LogP contribution in [0.5, 0.6) is 0 Å². The summed E-state index contributed by atoms with van der Waals surface area (Å²) in [6, 6.07) is -0.0956. The molecule has 0 bridgehead atoms. The average molecular weight is 294 g/mol. The molecule has 1 atom stereocenters. The Hall–Kier alpha value is -0.900. The topological polar surface area (TPSA) is 49.4 Å². The normalized spacial score (nSPS) is 24.6. The van der Waals surface area contributed by atoms with E-state index in [1.54, 1.807) is 4.90 Å². The second-order valence-electron chi connectivity index (χ2n) is 6.52. The highest BCUT2D eigenvalue weighted by molar-refractivity contribution is 6.05. The van der Waals surface area contributed by atoms with Crippen molar-refractivity contribution in [2.45, 2.75) is 89.6 Å². The number of nitrogens with zero attached hydrogens (tertiary/aromatic N) is 1. The van der Waals surface area contributed by atoms with Crippen molar-refractivity contribution in [3.8, 4) is 0 Å². The van der Waals surface area contributed by atoms with Crippen LogP contribution in [-0.4, -0.2) is 35.3 Å². The van der Waals surface area contributed by atoms with E-state index in [0.717, 1.165) is 38.6 Å². The fraction of sp³-hybridized carbons (Fsp3) is 0.882. The highest BCUT2D eigenvalue weighted by Crippen LogP contribution is 2.26. The molecule has 1 N–H and O–H groups in total. The molecule has 0 radical (unpaired) electrons. The maximum atomic E-state index is 12.5. The van der Waals surface area contributed by atoms with Gasteiger partial charge in [0.15, 0.2) is 0 Å². The molecular formula is C17H30N2O2. The van der Waals surface area contributed by atoms with Gasteiger partial charge in [-0.25, -0.2) is 0 Å². The van der Waals surface area contributed by atoms with Crippen LogP contribution in [0, 0.1) is 0 Å². The summed E-state index contributed by atoms with van der Waals surface area (Å²) in [5, 5.41) is 3.29. The highest BCUT2D eigenvalue weighted by atomic mass is 16.2. The molecule has 0 aromatic heterocycles. The summed E-state index contributed by atoms with van der Waals surface area (Å²) in [4.78, 5) is 26.3. The van der Waals surface area contributed by atoms with E-state index in [0.29, 0.717) is 6.42 Å². The molecule has 1 saturated carbocycles. The Balaban J connectivity index is 1.81. The minimum atomic E-state index is -0.262. The van der Waals surface area contributed by atoms with Crippen molar-refractivity contribution in [3.05, 3.63) is 0 Å². The number of carbonyl (C=O) groups is 2. The molecule has 2 rings (SSSR count). The third kappa shape index (κ3) is 4.53. The first-order chi connectivity index (χ1) is 10.2. The summed E-state index contributed by atoms with van der Waals surface area (Å²) >= 11 is 0. The number of likely N-dealkylation sites (tertiary alicyclic amines) is 1. The lowest BCUT2D eigenvalue weighted by Crippen LogP contribution is -2.44. The van der Waals surface area contributed by atoms with Crippen LogP contribution in [0.2, 0.25) is 0 Å². The summed E-state index contributed by atoms with van der Waals surface area (Å²) in [6.07, 6.45) is 11.9. The Morgan fingerprint density at radius 2 is 1.76 bits per heavy atom. The average Bonchev–Trinajstić information content (AvgIpc) is 2.67. The predicted molar refractivity (Wildman–Crippen MR) is 83.9 cm³/mol. The maximum absolute atomic E-state index is 12.5. The van der Waals surface area contributed by atoms with Crippen molar-refractivity contribution in [3.63, 3.8) is 0 Å². The quantitative estimate of drug-likeness (QED) is 0.446. The Morgan fingerprint density at radius 3 is 2.43 bits per heavy atom. The van der Waals surface area contributed by atoms with Crippen LogP contribution in [0.25, 0.3) is 0 Å². The molecule has 1 heterocycles. The SMILES string of the molecule is CCCCCCNC1CC(=O)N(C2CCCCCC2)C1=O. The van der Waals surface area contributed by atoms with Gasteiger partial charge in [-0.1, -0.05) is 51.9 Å². The molecule has 1 aliphatic heterocycles. The zero-order valence-electron chi connectivity index (χ0n) is 13.4. The summed E-state index contributed by atoms with van der Waals surface area (Å²) < 4.78 is 0. The molecule has 4 heteroatoms. The second kappa shape index (κ2) is 8.52. The molecule has 2 amide bonds. The van der Waals surface area contributed by atoms with E-state index in [4.69, 9.17) is 0 Å². The number of amides is 2. The van der Waals surface area contributed by atoms with Gasteiger partial charge in [-0.05, 0) is 25.8 Å².